The molecule has 0 saturated carbocycles. The minimum Gasteiger partial charge on any atom is -0.452 e. The SMILES string of the molecule is Nc1ccc(Oc2cnnc3ccccc23)c(F)c1. The molecular weight excluding hydrogens is 245 g/mol. The topological polar surface area (TPSA) is 61.0 Å². The van der Waals surface area contributed by atoms with Crippen molar-refractivity contribution in [3.8, 4) is 11.5 Å². The zero-order valence-electron chi connectivity index (χ0n) is 9.88. The maximum Gasteiger partial charge on any atom is 0.167 e. The highest BCUT2D eigenvalue weighted by molar-refractivity contribution is 5.84. The molecule has 0 aliphatic rings. The standard InChI is InChI=1S/C14H10FN3O/c15-11-7-9(16)5-6-13(11)19-14-8-17-18-12-4-2-1-3-10(12)14/h1-8H,16H2. The molecule has 1 heterocycles. The largest absolute Gasteiger partial charge is 0.452 e. The second kappa shape index (κ2) is 4.53. The van der Waals surface area contributed by atoms with E-state index in [-0.39, 0.29) is 5.75 Å². The third kappa shape index (κ3) is 2.18. The first-order chi connectivity index (χ1) is 9.24. The van der Waals surface area contributed by atoms with E-state index in [1.165, 1.54) is 18.3 Å². The predicted molar refractivity (Wildman–Crippen MR) is 70.4 cm³/mol. The number of halogens is 1. The zero-order chi connectivity index (χ0) is 13.2. The smallest absolute Gasteiger partial charge is 0.167 e. The lowest BCUT2D eigenvalue weighted by Gasteiger charge is -2.08. The van der Waals surface area contributed by atoms with Crippen LogP contribution in [0.25, 0.3) is 10.9 Å². The summed E-state index contributed by atoms with van der Waals surface area (Å²) < 4.78 is 19.2. The molecule has 0 bridgehead atoms. The number of rotatable bonds is 2. The normalized spacial score (nSPS) is 10.6. The minimum absolute atomic E-state index is 0.104. The number of benzene rings is 2. The summed E-state index contributed by atoms with van der Waals surface area (Å²) in [6.07, 6.45) is 1.46. The summed E-state index contributed by atoms with van der Waals surface area (Å²) in [5.74, 6) is 0.0440. The Balaban J connectivity index is 2.06. The minimum atomic E-state index is -0.513. The number of hydrogen-bond acceptors (Lipinski definition) is 4. The van der Waals surface area contributed by atoms with E-state index in [1.807, 2.05) is 24.3 Å². The van der Waals surface area contributed by atoms with Crippen LogP contribution in [0.3, 0.4) is 0 Å². The molecule has 0 aliphatic heterocycles. The van der Waals surface area contributed by atoms with Gasteiger partial charge in [-0.25, -0.2) is 4.39 Å². The van der Waals surface area contributed by atoms with Crippen LogP contribution < -0.4 is 10.5 Å². The summed E-state index contributed by atoms with van der Waals surface area (Å²) in [4.78, 5) is 0. The van der Waals surface area contributed by atoms with E-state index < -0.39 is 5.82 Å². The monoisotopic (exact) mass is 255 g/mol. The molecule has 2 aromatic carbocycles. The fraction of sp³-hybridized carbons (Fsp3) is 0. The van der Waals surface area contributed by atoms with Crippen molar-refractivity contribution < 1.29 is 9.13 Å². The van der Waals surface area contributed by atoms with Crippen molar-refractivity contribution in [3.05, 3.63) is 54.5 Å². The van der Waals surface area contributed by atoms with Gasteiger partial charge in [0.2, 0.25) is 0 Å². The Morgan fingerprint density at radius 3 is 2.74 bits per heavy atom. The molecule has 0 saturated heterocycles. The van der Waals surface area contributed by atoms with Crippen LogP contribution in [0.5, 0.6) is 11.5 Å². The summed E-state index contributed by atoms with van der Waals surface area (Å²) in [6, 6.07) is 11.6. The summed E-state index contributed by atoms with van der Waals surface area (Å²) in [7, 11) is 0. The molecule has 0 fully saturated rings. The van der Waals surface area contributed by atoms with E-state index in [0.29, 0.717) is 17.0 Å². The van der Waals surface area contributed by atoms with Crippen LogP contribution in [0.15, 0.2) is 48.7 Å². The number of aromatic nitrogens is 2. The molecule has 0 atom stereocenters. The van der Waals surface area contributed by atoms with Crippen molar-refractivity contribution >= 4 is 16.6 Å². The van der Waals surface area contributed by atoms with Gasteiger partial charge < -0.3 is 10.5 Å². The maximum atomic E-state index is 13.7. The molecule has 0 unspecified atom stereocenters. The Morgan fingerprint density at radius 2 is 1.89 bits per heavy atom. The molecule has 3 aromatic rings. The summed E-state index contributed by atoms with van der Waals surface area (Å²) >= 11 is 0. The van der Waals surface area contributed by atoms with Gasteiger partial charge in [0, 0.05) is 17.1 Å². The molecule has 0 amide bonds. The van der Waals surface area contributed by atoms with Crippen molar-refractivity contribution in [1.82, 2.24) is 10.2 Å². The lowest BCUT2D eigenvalue weighted by atomic mass is 10.2. The summed E-state index contributed by atoms with van der Waals surface area (Å²) in [6.45, 7) is 0. The third-order valence-electron chi connectivity index (χ3n) is 2.69. The van der Waals surface area contributed by atoms with Crippen LogP contribution in [-0.4, -0.2) is 10.2 Å². The first-order valence-corrected chi connectivity index (χ1v) is 5.67. The van der Waals surface area contributed by atoms with Gasteiger partial charge in [0.15, 0.2) is 17.3 Å². The molecule has 2 N–H and O–H groups in total. The van der Waals surface area contributed by atoms with E-state index >= 15 is 0 Å². The van der Waals surface area contributed by atoms with E-state index in [9.17, 15) is 4.39 Å². The Morgan fingerprint density at radius 1 is 1.05 bits per heavy atom. The van der Waals surface area contributed by atoms with Crippen molar-refractivity contribution in [3.63, 3.8) is 0 Å². The molecule has 19 heavy (non-hydrogen) atoms. The molecular formula is C14H10FN3O. The first-order valence-electron chi connectivity index (χ1n) is 5.67. The Hall–Kier alpha value is -2.69. The Bertz CT molecular complexity index is 740. The lowest BCUT2D eigenvalue weighted by molar-refractivity contribution is 0.444. The van der Waals surface area contributed by atoms with Crippen molar-refractivity contribution in [2.24, 2.45) is 0 Å². The van der Waals surface area contributed by atoms with Gasteiger partial charge >= 0.3 is 0 Å². The van der Waals surface area contributed by atoms with Gasteiger partial charge in [-0.3, -0.25) is 0 Å². The highest BCUT2D eigenvalue weighted by atomic mass is 19.1. The van der Waals surface area contributed by atoms with Gasteiger partial charge in [-0.15, -0.1) is 0 Å². The van der Waals surface area contributed by atoms with Gasteiger partial charge in [0.1, 0.15) is 0 Å². The van der Waals surface area contributed by atoms with Crippen LogP contribution in [0.1, 0.15) is 0 Å². The molecule has 0 aliphatic carbocycles. The molecule has 4 nitrogen and oxygen atoms in total. The quantitative estimate of drug-likeness (QED) is 0.714. The number of fused-ring (bicyclic) bond motifs is 1. The van der Waals surface area contributed by atoms with Gasteiger partial charge in [-0.2, -0.15) is 10.2 Å². The van der Waals surface area contributed by atoms with Crippen molar-refractivity contribution in [2.45, 2.75) is 0 Å². The molecule has 1 aromatic heterocycles. The highest BCUT2D eigenvalue weighted by Crippen LogP contribution is 2.29. The Kier molecular flexibility index (Phi) is 2.72. The van der Waals surface area contributed by atoms with Crippen LogP contribution in [0.4, 0.5) is 10.1 Å². The fourth-order valence-corrected chi connectivity index (χ4v) is 1.78. The van der Waals surface area contributed by atoms with E-state index in [4.69, 9.17) is 10.5 Å². The Labute approximate surface area is 108 Å². The highest BCUT2D eigenvalue weighted by Gasteiger charge is 2.08. The number of anilines is 1. The predicted octanol–water partition coefficient (Wildman–Crippen LogP) is 3.14. The molecule has 3 rings (SSSR count). The van der Waals surface area contributed by atoms with Crippen molar-refractivity contribution in [2.75, 3.05) is 5.73 Å². The van der Waals surface area contributed by atoms with E-state index in [0.717, 1.165) is 5.39 Å². The second-order valence-corrected chi connectivity index (χ2v) is 4.02. The average Bonchev–Trinajstić information content (AvgIpc) is 2.42. The first kappa shape index (κ1) is 11.4. The van der Waals surface area contributed by atoms with Crippen LogP contribution in [-0.2, 0) is 0 Å². The molecule has 0 radical (unpaired) electrons. The van der Waals surface area contributed by atoms with Gasteiger partial charge in [0.25, 0.3) is 0 Å². The van der Waals surface area contributed by atoms with Gasteiger partial charge in [0.05, 0.1) is 11.7 Å². The zero-order valence-corrected chi connectivity index (χ0v) is 9.88. The molecule has 94 valence electrons. The summed E-state index contributed by atoms with van der Waals surface area (Å²) in [5, 5.41) is 8.58. The lowest BCUT2D eigenvalue weighted by Crippen LogP contribution is -1.93. The van der Waals surface area contributed by atoms with E-state index in [2.05, 4.69) is 10.2 Å². The number of nitrogens with zero attached hydrogens (tertiary/aromatic N) is 2. The van der Waals surface area contributed by atoms with Crippen LogP contribution in [0, 0.1) is 5.82 Å². The number of nitrogen functional groups attached to an aromatic ring is 1. The second-order valence-electron chi connectivity index (χ2n) is 4.02. The fourth-order valence-electron chi connectivity index (χ4n) is 1.78. The van der Waals surface area contributed by atoms with E-state index in [1.54, 1.807) is 6.07 Å². The maximum absolute atomic E-state index is 13.7. The van der Waals surface area contributed by atoms with Gasteiger partial charge in [-0.1, -0.05) is 12.1 Å². The number of ether oxygens (including phenoxy) is 1. The molecule has 0 spiro atoms. The van der Waals surface area contributed by atoms with Crippen LogP contribution >= 0.6 is 0 Å². The van der Waals surface area contributed by atoms with Crippen LogP contribution in [0.2, 0.25) is 0 Å². The van der Waals surface area contributed by atoms with Crippen molar-refractivity contribution in [1.29, 1.82) is 0 Å². The summed E-state index contributed by atoms with van der Waals surface area (Å²) in [5.41, 5.74) is 6.53. The third-order valence-corrected chi connectivity index (χ3v) is 2.69. The average molecular weight is 255 g/mol. The number of nitrogens with two attached hydrogens (primary N) is 1. The number of hydrogen-bond donors (Lipinski definition) is 1. The molecule has 5 heteroatoms. The van der Waals surface area contributed by atoms with Gasteiger partial charge in [-0.05, 0) is 24.3 Å².